The Morgan fingerprint density at radius 1 is 1.05 bits per heavy atom. The van der Waals surface area contributed by atoms with E-state index in [4.69, 9.17) is 4.74 Å². The number of hydrogen-bond donors (Lipinski definition) is 0. The van der Waals surface area contributed by atoms with E-state index in [1.54, 1.807) is 7.11 Å². The predicted octanol–water partition coefficient (Wildman–Crippen LogP) is 5.23. The van der Waals surface area contributed by atoms with E-state index in [0.717, 1.165) is 12.2 Å². The molecule has 2 rings (SSSR count). The lowest BCUT2D eigenvalue weighted by Gasteiger charge is -2.06. The molecule has 0 amide bonds. The Morgan fingerprint density at radius 3 is 2.37 bits per heavy atom. The second-order valence-corrected chi connectivity index (χ2v) is 5.39. The van der Waals surface area contributed by atoms with Crippen molar-refractivity contribution in [3.05, 3.63) is 71.8 Å². The third-order valence-electron chi connectivity index (χ3n) is 2.93. The van der Waals surface area contributed by atoms with Gasteiger partial charge < -0.3 is 4.74 Å². The zero-order valence-electron chi connectivity index (χ0n) is 10.9. The van der Waals surface area contributed by atoms with Crippen molar-refractivity contribution in [1.82, 2.24) is 0 Å². The van der Waals surface area contributed by atoms with Gasteiger partial charge in [0, 0.05) is 4.83 Å². The lowest BCUT2D eigenvalue weighted by atomic mass is 10.1. The van der Waals surface area contributed by atoms with E-state index in [2.05, 4.69) is 64.5 Å². The third kappa shape index (κ3) is 4.25. The molecule has 1 unspecified atom stereocenters. The number of halogens is 1. The van der Waals surface area contributed by atoms with E-state index >= 15 is 0 Å². The summed E-state index contributed by atoms with van der Waals surface area (Å²) in [7, 11) is 1.68. The Bertz CT molecular complexity index is 517. The van der Waals surface area contributed by atoms with Gasteiger partial charge in [0.25, 0.3) is 0 Å². The van der Waals surface area contributed by atoms with Gasteiger partial charge in [-0.15, -0.1) is 0 Å². The van der Waals surface area contributed by atoms with E-state index in [-0.39, 0.29) is 0 Å². The number of hydrogen-bond acceptors (Lipinski definition) is 1. The van der Waals surface area contributed by atoms with Crippen LogP contribution in [0.3, 0.4) is 0 Å². The van der Waals surface area contributed by atoms with Gasteiger partial charge in [-0.25, -0.2) is 0 Å². The average Bonchev–Trinajstić information content (AvgIpc) is 2.49. The second-order valence-electron chi connectivity index (χ2n) is 4.29. The zero-order valence-corrected chi connectivity index (χ0v) is 12.5. The maximum atomic E-state index is 5.14. The maximum Gasteiger partial charge on any atom is 0.118 e. The second kappa shape index (κ2) is 7.15. The molecule has 0 radical (unpaired) electrons. The van der Waals surface area contributed by atoms with Crippen LogP contribution in [-0.2, 0) is 0 Å². The van der Waals surface area contributed by atoms with Crippen LogP contribution in [0.2, 0.25) is 0 Å². The Labute approximate surface area is 123 Å². The molecule has 1 atom stereocenters. The minimum atomic E-state index is 0.364. The molecule has 0 spiro atoms. The molecule has 0 fully saturated rings. The first-order chi connectivity index (χ1) is 9.29. The van der Waals surface area contributed by atoms with Crippen LogP contribution >= 0.6 is 15.9 Å². The Hall–Kier alpha value is -1.54. The number of allylic oxidation sites excluding steroid dienone is 1. The summed E-state index contributed by atoms with van der Waals surface area (Å²) >= 11 is 3.71. The minimum Gasteiger partial charge on any atom is -0.497 e. The highest BCUT2D eigenvalue weighted by Crippen LogP contribution is 2.26. The van der Waals surface area contributed by atoms with E-state index in [1.165, 1.54) is 11.1 Å². The van der Waals surface area contributed by atoms with Gasteiger partial charge in [-0.1, -0.05) is 70.5 Å². The Balaban J connectivity index is 1.92. The van der Waals surface area contributed by atoms with Gasteiger partial charge in [-0.05, 0) is 29.7 Å². The summed E-state index contributed by atoms with van der Waals surface area (Å²) in [5.41, 5.74) is 2.50. The number of rotatable bonds is 5. The maximum absolute atomic E-state index is 5.14. The smallest absolute Gasteiger partial charge is 0.118 e. The van der Waals surface area contributed by atoms with Gasteiger partial charge in [0.05, 0.1) is 7.11 Å². The van der Waals surface area contributed by atoms with Crippen molar-refractivity contribution in [2.24, 2.45) is 0 Å². The fourth-order valence-electron chi connectivity index (χ4n) is 1.84. The monoisotopic (exact) mass is 316 g/mol. The van der Waals surface area contributed by atoms with Crippen LogP contribution < -0.4 is 4.74 Å². The largest absolute Gasteiger partial charge is 0.497 e. The fraction of sp³-hybridized carbons (Fsp3) is 0.176. The average molecular weight is 317 g/mol. The van der Waals surface area contributed by atoms with Crippen molar-refractivity contribution in [2.45, 2.75) is 11.2 Å². The molecule has 2 heteroatoms. The Morgan fingerprint density at radius 2 is 1.74 bits per heavy atom. The van der Waals surface area contributed by atoms with Crippen LogP contribution in [0, 0.1) is 0 Å². The van der Waals surface area contributed by atoms with Gasteiger partial charge in [0.15, 0.2) is 0 Å². The number of benzene rings is 2. The summed E-state index contributed by atoms with van der Waals surface area (Å²) in [6.45, 7) is 0. The lowest BCUT2D eigenvalue weighted by molar-refractivity contribution is 0.415. The molecule has 1 nitrogen and oxygen atoms in total. The molecule has 0 aromatic heterocycles. The fourth-order valence-corrected chi connectivity index (χ4v) is 2.36. The van der Waals surface area contributed by atoms with Gasteiger partial charge in [-0.2, -0.15) is 0 Å². The van der Waals surface area contributed by atoms with Crippen molar-refractivity contribution in [2.75, 3.05) is 7.11 Å². The summed E-state index contributed by atoms with van der Waals surface area (Å²) < 4.78 is 5.14. The highest BCUT2D eigenvalue weighted by molar-refractivity contribution is 9.09. The van der Waals surface area contributed by atoms with Crippen molar-refractivity contribution in [3.8, 4) is 5.75 Å². The molecule has 0 aliphatic carbocycles. The van der Waals surface area contributed by atoms with Crippen molar-refractivity contribution in [3.63, 3.8) is 0 Å². The van der Waals surface area contributed by atoms with Crippen LogP contribution in [0.4, 0.5) is 0 Å². The molecular weight excluding hydrogens is 300 g/mol. The minimum absolute atomic E-state index is 0.364. The first kappa shape index (κ1) is 13.9. The van der Waals surface area contributed by atoms with Gasteiger partial charge in [0.1, 0.15) is 5.75 Å². The Kier molecular flexibility index (Phi) is 5.22. The third-order valence-corrected chi connectivity index (χ3v) is 3.83. The summed E-state index contributed by atoms with van der Waals surface area (Å²) in [5.74, 6) is 0.889. The van der Waals surface area contributed by atoms with Crippen LogP contribution in [0.1, 0.15) is 22.4 Å². The number of ether oxygens (including phenoxy) is 1. The SMILES string of the molecule is COc1ccc(/C=C/CC(Br)c2ccccc2)cc1. The molecule has 2 aromatic rings. The molecule has 0 aliphatic heterocycles. The van der Waals surface area contributed by atoms with E-state index in [1.807, 2.05) is 18.2 Å². The zero-order chi connectivity index (χ0) is 13.5. The molecular formula is C17H17BrO. The number of methoxy groups -OCH3 is 1. The molecule has 2 aromatic carbocycles. The summed E-state index contributed by atoms with van der Waals surface area (Å²) in [6.07, 6.45) is 5.29. The van der Waals surface area contributed by atoms with Gasteiger partial charge in [0.2, 0.25) is 0 Å². The van der Waals surface area contributed by atoms with E-state index in [9.17, 15) is 0 Å². The van der Waals surface area contributed by atoms with Crippen molar-refractivity contribution in [1.29, 1.82) is 0 Å². The summed E-state index contributed by atoms with van der Waals surface area (Å²) in [6, 6.07) is 18.5. The van der Waals surface area contributed by atoms with E-state index < -0.39 is 0 Å². The standard InChI is InChI=1S/C17H17BrO/c1-19-16-12-10-14(11-13-16)6-5-9-17(18)15-7-3-2-4-8-15/h2-8,10-13,17H,9H2,1H3/b6-5+. The number of alkyl halides is 1. The highest BCUT2D eigenvalue weighted by atomic mass is 79.9. The van der Waals surface area contributed by atoms with Gasteiger partial charge in [-0.3, -0.25) is 0 Å². The van der Waals surface area contributed by atoms with Crippen LogP contribution in [0.5, 0.6) is 5.75 Å². The molecule has 0 aliphatic rings. The molecule has 19 heavy (non-hydrogen) atoms. The van der Waals surface area contributed by atoms with Crippen molar-refractivity contribution >= 4 is 22.0 Å². The summed E-state index contributed by atoms with van der Waals surface area (Å²) in [5, 5.41) is 0. The molecule has 0 N–H and O–H groups in total. The first-order valence-corrected chi connectivity index (χ1v) is 7.21. The predicted molar refractivity (Wildman–Crippen MR) is 84.8 cm³/mol. The summed E-state index contributed by atoms with van der Waals surface area (Å²) in [4.78, 5) is 0.364. The molecule has 0 bridgehead atoms. The lowest BCUT2D eigenvalue weighted by Crippen LogP contribution is -1.86. The van der Waals surface area contributed by atoms with Gasteiger partial charge >= 0.3 is 0 Å². The molecule has 0 saturated heterocycles. The van der Waals surface area contributed by atoms with Crippen LogP contribution in [0.15, 0.2) is 60.7 Å². The molecule has 0 saturated carbocycles. The normalized spacial score (nSPS) is 12.5. The topological polar surface area (TPSA) is 9.23 Å². The molecule has 0 heterocycles. The first-order valence-electron chi connectivity index (χ1n) is 6.29. The highest BCUT2D eigenvalue weighted by Gasteiger charge is 2.03. The quantitative estimate of drug-likeness (QED) is 0.686. The van der Waals surface area contributed by atoms with Crippen LogP contribution in [0.25, 0.3) is 6.08 Å². The van der Waals surface area contributed by atoms with Crippen LogP contribution in [-0.4, -0.2) is 7.11 Å². The molecule has 98 valence electrons. The van der Waals surface area contributed by atoms with Crippen molar-refractivity contribution < 1.29 is 4.74 Å². The van der Waals surface area contributed by atoms with E-state index in [0.29, 0.717) is 4.83 Å².